The molecule has 1 saturated heterocycles. The molecule has 0 spiro atoms. The summed E-state index contributed by atoms with van der Waals surface area (Å²) in [4.78, 5) is 2.35. The topological polar surface area (TPSA) is 24.5 Å². The average Bonchev–Trinajstić information content (AvgIpc) is 2.51. The Morgan fingerprint density at radius 1 is 1.33 bits per heavy atom. The van der Waals surface area contributed by atoms with E-state index in [2.05, 4.69) is 17.1 Å². The highest BCUT2D eigenvalue weighted by Crippen LogP contribution is 2.21. The number of nitrogens with one attached hydrogen (secondary N) is 1. The normalized spacial score (nSPS) is 17.1. The van der Waals surface area contributed by atoms with Gasteiger partial charge in [0.2, 0.25) is 0 Å². The second kappa shape index (κ2) is 8.35. The second-order valence-corrected chi connectivity index (χ2v) is 5.88. The number of hydrogen-bond donors (Lipinski definition) is 1. The van der Waals surface area contributed by atoms with Crippen LogP contribution in [0.25, 0.3) is 0 Å². The number of piperidine rings is 1. The van der Waals surface area contributed by atoms with E-state index in [1.54, 1.807) is 7.11 Å². The van der Waals surface area contributed by atoms with Crippen LogP contribution in [0.15, 0.2) is 18.2 Å². The number of ether oxygens (including phenoxy) is 1. The first-order chi connectivity index (χ1) is 10.2. The zero-order valence-corrected chi connectivity index (χ0v) is 13.2. The van der Waals surface area contributed by atoms with Gasteiger partial charge in [0.05, 0.1) is 7.11 Å². The van der Waals surface area contributed by atoms with Crippen LogP contribution in [-0.4, -0.2) is 38.2 Å². The van der Waals surface area contributed by atoms with Crippen LogP contribution in [0.5, 0.6) is 5.75 Å². The minimum absolute atomic E-state index is 0.166. The van der Waals surface area contributed by atoms with Crippen molar-refractivity contribution in [3.63, 3.8) is 0 Å². The number of benzene rings is 1. The predicted octanol–water partition coefficient (Wildman–Crippen LogP) is 3.05. The van der Waals surface area contributed by atoms with Crippen molar-refractivity contribution in [1.29, 1.82) is 0 Å². The molecule has 1 N–H and O–H groups in total. The molecule has 0 aliphatic carbocycles. The van der Waals surface area contributed by atoms with Gasteiger partial charge in [-0.15, -0.1) is 0 Å². The van der Waals surface area contributed by atoms with Gasteiger partial charge in [0.25, 0.3) is 0 Å². The van der Waals surface area contributed by atoms with Crippen LogP contribution in [0.3, 0.4) is 0 Å². The van der Waals surface area contributed by atoms with Crippen molar-refractivity contribution in [2.24, 2.45) is 5.92 Å². The van der Waals surface area contributed by atoms with Crippen molar-refractivity contribution in [2.45, 2.75) is 32.7 Å². The van der Waals surface area contributed by atoms with Crippen molar-refractivity contribution in [1.82, 2.24) is 10.2 Å². The lowest BCUT2D eigenvalue weighted by Crippen LogP contribution is -2.37. The molecule has 0 atom stereocenters. The van der Waals surface area contributed by atoms with Gasteiger partial charge in [0.1, 0.15) is 11.6 Å². The molecule has 1 aliphatic rings. The third kappa shape index (κ3) is 4.97. The van der Waals surface area contributed by atoms with Gasteiger partial charge in [-0.05, 0) is 57.4 Å². The van der Waals surface area contributed by atoms with E-state index in [9.17, 15) is 4.39 Å². The fraction of sp³-hybridized carbons (Fsp3) is 0.647. The molecule has 3 nitrogen and oxygen atoms in total. The summed E-state index contributed by atoms with van der Waals surface area (Å²) in [6.45, 7) is 7.24. The number of methoxy groups -OCH3 is 1. The number of likely N-dealkylation sites (tertiary alicyclic amines) is 1. The Morgan fingerprint density at radius 3 is 2.71 bits per heavy atom. The summed E-state index contributed by atoms with van der Waals surface area (Å²) in [5, 5.41) is 3.50. The summed E-state index contributed by atoms with van der Waals surface area (Å²) in [5.74, 6) is 1.19. The van der Waals surface area contributed by atoms with Crippen LogP contribution in [0.2, 0.25) is 0 Å². The van der Waals surface area contributed by atoms with E-state index >= 15 is 0 Å². The summed E-state index contributed by atoms with van der Waals surface area (Å²) in [7, 11) is 1.56. The molecular formula is C17H27FN2O. The summed E-state index contributed by atoms with van der Waals surface area (Å²) in [5.41, 5.74) is 0.762. The Balaban J connectivity index is 1.78. The van der Waals surface area contributed by atoms with E-state index in [4.69, 9.17) is 4.74 Å². The SMILES string of the molecule is CCCNCC1CCN(Cc2ccc(OC)cc2F)CC1. The predicted molar refractivity (Wildman–Crippen MR) is 84.1 cm³/mol. The van der Waals surface area contributed by atoms with Gasteiger partial charge < -0.3 is 10.1 Å². The van der Waals surface area contributed by atoms with Gasteiger partial charge in [-0.25, -0.2) is 4.39 Å². The van der Waals surface area contributed by atoms with Gasteiger partial charge in [-0.1, -0.05) is 13.0 Å². The van der Waals surface area contributed by atoms with E-state index in [0.717, 1.165) is 37.7 Å². The molecule has 0 aromatic heterocycles. The lowest BCUT2D eigenvalue weighted by atomic mass is 9.96. The van der Waals surface area contributed by atoms with E-state index in [1.165, 1.54) is 25.3 Å². The van der Waals surface area contributed by atoms with Gasteiger partial charge in [-0.2, -0.15) is 0 Å². The van der Waals surface area contributed by atoms with Gasteiger partial charge in [0, 0.05) is 18.2 Å². The van der Waals surface area contributed by atoms with Gasteiger partial charge >= 0.3 is 0 Å². The summed E-state index contributed by atoms with van der Waals surface area (Å²) < 4.78 is 19.0. The molecule has 1 fully saturated rings. The second-order valence-electron chi connectivity index (χ2n) is 5.88. The first-order valence-electron chi connectivity index (χ1n) is 7.98. The summed E-state index contributed by atoms with van der Waals surface area (Å²) >= 11 is 0. The molecule has 118 valence electrons. The molecule has 1 heterocycles. The lowest BCUT2D eigenvalue weighted by Gasteiger charge is -2.32. The molecule has 0 radical (unpaired) electrons. The molecule has 0 unspecified atom stereocenters. The molecular weight excluding hydrogens is 267 g/mol. The van der Waals surface area contributed by atoms with E-state index in [1.807, 2.05) is 12.1 Å². The quantitative estimate of drug-likeness (QED) is 0.782. The number of halogens is 1. The maximum atomic E-state index is 14.0. The maximum absolute atomic E-state index is 14.0. The molecule has 0 bridgehead atoms. The van der Waals surface area contributed by atoms with E-state index in [-0.39, 0.29) is 5.82 Å². The Morgan fingerprint density at radius 2 is 2.10 bits per heavy atom. The summed E-state index contributed by atoms with van der Waals surface area (Å²) in [6.07, 6.45) is 3.60. The molecule has 4 heteroatoms. The van der Waals surface area contributed by atoms with Crippen LogP contribution in [-0.2, 0) is 6.54 Å². The number of rotatable bonds is 7. The molecule has 1 aliphatic heterocycles. The fourth-order valence-electron chi connectivity index (χ4n) is 2.86. The highest BCUT2D eigenvalue weighted by molar-refractivity contribution is 5.28. The Kier molecular flexibility index (Phi) is 6.46. The largest absolute Gasteiger partial charge is 0.497 e. The molecule has 21 heavy (non-hydrogen) atoms. The summed E-state index contributed by atoms with van der Waals surface area (Å²) in [6, 6.07) is 5.14. The minimum Gasteiger partial charge on any atom is -0.497 e. The molecule has 0 saturated carbocycles. The maximum Gasteiger partial charge on any atom is 0.131 e. The number of nitrogens with zero attached hydrogens (tertiary/aromatic N) is 1. The molecule has 1 aromatic carbocycles. The van der Waals surface area contributed by atoms with Crippen LogP contribution in [0.4, 0.5) is 4.39 Å². The van der Waals surface area contributed by atoms with Crippen molar-refractivity contribution in [3.8, 4) is 5.75 Å². The van der Waals surface area contributed by atoms with Gasteiger partial charge in [0.15, 0.2) is 0 Å². The zero-order valence-electron chi connectivity index (χ0n) is 13.2. The van der Waals surface area contributed by atoms with Crippen molar-refractivity contribution in [3.05, 3.63) is 29.6 Å². The standard InChI is InChI=1S/C17H27FN2O/c1-3-8-19-12-14-6-9-20(10-7-14)13-15-4-5-16(21-2)11-17(15)18/h4-5,11,14,19H,3,6-10,12-13H2,1-2H3. The van der Waals surface area contributed by atoms with Crippen LogP contribution in [0.1, 0.15) is 31.7 Å². The molecule has 0 amide bonds. The van der Waals surface area contributed by atoms with Crippen LogP contribution in [0, 0.1) is 11.7 Å². The molecule has 2 rings (SSSR count). The molecule has 1 aromatic rings. The van der Waals surface area contributed by atoms with Crippen molar-refractivity contribution >= 4 is 0 Å². The van der Waals surface area contributed by atoms with E-state index < -0.39 is 0 Å². The Bertz CT molecular complexity index is 431. The highest BCUT2D eigenvalue weighted by atomic mass is 19.1. The average molecular weight is 294 g/mol. The van der Waals surface area contributed by atoms with E-state index in [0.29, 0.717) is 12.3 Å². The third-order valence-electron chi connectivity index (χ3n) is 4.22. The lowest BCUT2D eigenvalue weighted by molar-refractivity contribution is 0.174. The zero-order chi connectivity index (χ0) is 15.1. The number of hydrogen-bond acceptors (Lipinski definition) is 3. The van der Waals surface area contributed by atoms with Crippen molar-refractivity contribution in [2.75, 3.05) is 33.3 Å². The monoisotopic (exact) mass is 294 g/mol. The highest BCUT2D eigenvalue weighted by Gasteiger charge is 2.19. The van der Waals surface area contributed by atoms with Crippen LogP contribution < -0.4 is 10.1 Å². The van der Waals surface area contributed by atoms with Crippen LogP contribution >= 0.6 is 0 Å². The Hall–Kier alpha value is -1.13. The van der Waals surface area contributed by atoms with Gasteiger partial charge in [-0.3, -0.25) is 4.90 Å². The third-order valence-corrected chi connectivity index (χ3v) is 4.22. The smallest absolute Gasteiger partial charge is 0.131 e. The Labute approximate surface area is 127 Å². The first kappa shape index (κ1) is 16.2. The van der Waals surface area contributed by atoms with Crippen molar-refractivity contribution < 1.29 is 9.13 Å². The first-order valence-corrected chi connectivity index (χ1v) is 7.98. The fourth-order valence-corrected chi connectivity index (χ4v) is 2.86. The minimum atomic E-state index is -0.166.